The van der Waals surface area contributed by atoms with Crippen LogP contribution in [0.25, 0.3) is 17.0 Å². The van der Waals surface area contributed by atoms with Crippen molar-refractivity contribution in [2.75, 3.05) is 27.4 Å². The molecule has 0 spiro atoms. The summed E-state index contributed by atoms with van der Waals surface area (Å²) in [6, 6.07) is 14.9. The van der Waals surface area contributed by atoms with E-state index in [9.17, 15) is 0 Å². The average Bonchev–Trinajstić information content (AvgIpc) is 3.29. The highest BCUT2D eigenvalue weighted by atomic mass is 35.5. The predicted molar refractivity (Wildman–Crippen MR) is 127 cm³/mol. The number of halogens is 1. The number of benzene rings is 2. The zero-order valence-electron chi connectivity index (χ0n) is 18.0. The first-order valence-corrected chi connectivity index (χ1v) is 10.8. The van der Waals surface area contributed by atoms with Gasteiger partial charge in [-0.15, -0.1) is 0 Å². The summed E-state index contributed by atoms with van der Waals surface area (Å²) >= 11 is 11.8. The first kappa shape index (κ1) is 22.3. The molecule has 1 unspecified atom stereocenters. The third-order valence-electron chi connectivity index (χ3n) is 5.30. The molecule has 4 rings (SSSR count). The molecule has 32 heavy (non-hydrogen) atoms. The van der Waals surface area contributed by atoms with Crippen LogP contribution in [0.4, 0.5) is 0 Å². The van der Waals surface area contributed by atoms with Gasteiger partial charge in [0, 0.05) is 29.9 Å². The molecular formula is C23H23ClN4O3S. The molecule has 1 aliphatic heterocycles. The number of hydrogen-bond donors (Lipinski definition) is 1. The fraction of sp³-hybridized carbons (Fsp3) is 0.261. The molecule has 0 saturated heterocycles. The fourth-order valence-electron chi connectivity index (χ4n) is 3.63. The minimum Gasteiger partial charge on any atom is -0.497 e. The maximum Gasteiger partial charge on any atom is 0.258 e. The lowest BCUT2D eigenvalue weighted by Gasteiger charge is -2.37. The van der Waals surface area contributed by atoms with Crippen LogP contribution in [0.3, 0.4) is 0 Å². The lowest BCUT2D eigenvalue weighted by atomic mass is 9.95. The van der Waals surface area contributed by atoms with E-state index in [1.165, 1.54) is 0 Å². The van der Waals surface area contributed by atoms with Crippen LogP contribution in [-0.4, -0.2) is 47.5 Å². The molecule has 3 aromatic rings. The molecule has 7 nitrogen and oxygen atoms in total. The third kappa shape index (κ3) is 4.48. The van der Waals surface area contributed by atoms with Crippen LogP contribution in [0, 0.1) is 0 Å². The van der Waals surface area contributed by atoms with Crippen molar-refractivity contribution in [1.82, 2.24) is 20.4 Å². The molecule has 0 bridgehead atoms. The molecule has 1 aliphatic rings. The second kappa shape index (κ2) is 9.68. The Morgan fingerprint density at radius 2 is 1.97 bits per heavy atom. The van der Waals surface area contributed by atoms with Gasteiger partial charge >= 0.3 is 0 Å². The Labute approximate surface area is 197 Å². The molecule has 0 saturated carbocycles. The van der Waals surface area contributed by atoms with Crippen LogP contribution >= 0.6 is 23.8 Å². The van der Waals surface area contributed by atoms with E-state index in [2.05, 4.69) is 10.5 Å². The van der Waals surface area contributed by atoms with Crippen LogP contribution in [0.15, 0.2) is 58.8 Å². The van der Waals surface area contributed by atoms with Gasteiger partial charge in [-0.1, -0.05) is 41.0 Å². The Morgan fingerprint density at radius 1 is 1.19 bits per heavy atom. The van der Waals surface area contributed by atoms with E-state index in [-0.39, 0.29) is 6.04 Å². The van der Waals surface area contributed by atoms with Crippen molar-refractivity contribution < 1.29 is 14.0 Å². The molecule has 1 atom stereocenters. The number of methoxy groups -OCH3 is 2. The van der Waals surface area contributed by atoms with Gasteiger partial charge in [-0.25, -0.2) is 0 Å². The van der Waals surface area contributed by atoms with Gasteiger partial charge in [0.25, 0.3) is 5.89 Å². The van der Waals surface area contributed by atoms with Crippen molar-refractivity contribution in [3.05, 3.63) is 70.7 Å². The second-order valence-corrected chi connectivity index (χ2v) is 8.06. The summed E-state index contributed by atoms with van der Waals surface area (Å²) in [6.07, 6.45) is 0. The maximum atomic E-state index is 6.11. The van der Waals surface area contributed by atoms with Crippen molar-refractivity contribution >= 4 is 34.5 Å². The lowest BCUT2D eigenvalue weighted by Crippen LogP contribution is -2.47. The number of allylic oxidation sites excluding steroid dienone is 1. The van der Waals surface area contributed by atoms with Gasteiger partial charge in [0.15, 0.2) is 5.11 Å². The molecule has 0 aliphatic carbocycles. The first-order valence-electron chi connectivity index (χ1n) is 10.0. The first-order chi connectivity index (χ1) is 15.5. The van der Waals surface area contributed by atoms with E-state index in [0.717, 1.165) is 28.1 Å². The standard InChI is InChI=1S/C23H23ClN4O3S/c1-14-19(22-26-21(27-31-22)16-5-4-6-18(13-16)30-3)20(15-7-9-17(24)10-8-15)25-23(32)28(14)11-12-29-2/h4-10,13,20H,11-12H2,1-3H3,(H,25,32). The Bertz CT molecular complexity index is 1150. The van der Waals surface area contributed by atoms with Crippen LogP contribution < -0.4 is 10.1 Å². The SMILES string of the molecule is COCCN1C(=S)NC(c2ccc(Cl)cc2)C(c2nc(-c3cccc(OC)c3)no2)=C1C. The van der Waals surface area contributed by atoms with E-state index in [4.69, 9.17) is 42.8 Å². The monoisotopic (exact) mass is 470 g/mol. The van der Waals surface area contributed by atoms with E-state index in [1.807, 2.05) is 60.4 Å². The maximum absolute atomic E-state index is 6.11. The molecule has 9 heteroatoms. The van der Waals surface area contributed by atoms with Gasteiger partial charge in [0.2, 0.25) is 5.82 Å². The quantitative estimate of drug-likeness (QED) is 0.498. The summed E-state index contributed by atoms with van der Waals surface area (Å²) in [5.74, 6) is 1.61. The molecule has 166 valence electrons. The number of nitrogens with one attached hydrogen (secondary N) is 1. The third-order valence-corrected chi connectivity index (χ3v) is 5.89. The Balaban J connectivity index is 1.79. The van der Waals surface area contributed by atoms with E-state index in [1.54, 1.807) is 14.2 Å². The summed E-state index contributed by atoms with van der Waals surface area (Å²) in [5, 5.41) is 8.90. The number of thiocarbonyl (C=S) groups is 1. The largest absolute Gasteiger partial charge is 0.497 e. The summed E-state index contributed by atoms with van der Waals surface area (Å²) in [4.78, 5) is 6.69. The van der Waals surface area contributed by atoms with Gasteiger partial charge in [-0.05, 0) is 49.0 Å². The van der Waals surface area contributed by atoms with E-state index >= 15 is 0 Å². The number of nitrogens with zero attached hydrogens (tertiary/aromatic N) is 3. The Kier molecular flexibility index (Phi) is 6.74. The number of rotatable bonds is 7. The van der Waals surface area contributed by atoms with E-state index in [0.29, 0.717) is 35.0 Å². The normalized spacial score (nSPS) is 16.3. The summed E-state index contributed by atoms with van der Waals surface area (Å²) < 4.78 is 16.3. The van der Waals surface area contributed by atoms with Crippen molar-refractivity contribution in [2.45, 2.75) is 13.0 Å². The molecule has 1 aromatic heterocycles. The molecule has 0 amide bonds. The summed E-state index contributed by atoms with van der Waals surface area (Å²) in [7, 11) is 3.28. The van der Waals surface area contributed by atoms with Gasteiger partial charge in [0.1, 0.15) is 5.75 Å². The van der Waals surface area contributed by atoms with Crippen LogP contribution in [0.1, 0.15) is 24.4 Å². The molecule has 0 radical (unpaired) electrons. The number of aromatic nitrogens is 2. The summed E-state index contributed by atoms with van der Waals surface area (Å²) in [5.41, 5.74) is 3.56. The minimum absolute atomic E-state index is 0.267. The predicted octanol–water partition coefficient (Wildman–Crippen LogP) is 4.71. The van der Waals surface area contributed by atoms with Gasteiger partial charge < -0.3 is 24.2 Å². The zero-order chi connectivity index (χ0) is 22.7. The lowest BCUT2D eigenvalue weighted by molar-refractivity contribution is 0.183. The topological polar surface area (TPSA) is 72.7 Å². The molecule has 0 fully saturated rings. The molecule has 2 aromatic carbocycles. The van der Waals surface area contributed by atoms with Gasteiger partial charge in [-0.3, -0.25) is 0 Å². The molecular weight excluding hydrogens is 448 g/mol. The van der Waals surface area contributed by atoms with E-state index < -0.39 is 0 Å². The highest BCUT2D eigenvalue weighted by molar-refractivity contribution is 7.80. The van der Waals surface area contributed by atoms with Crippen molar-refractivity contribution in [3.8, 4) is 17.1 Å². The fourth-order valence-corrected chi connectivity index (χ4v) is 4.10. The minimum atomic E-state index is -0.267. The van der Waals surface area contributed by atoms with Crippen molar-refractivity contribution in [2.24, 2.45) is 0 Å². The zero-order valence-corrected chi connectivity index (χ0v) is 19.5. The number of hydrogen-bond acceptors (Lipinski definition) is 6. The van der Waals surface area contributed by atoms with Crippen LogP contribution in [-0.2, 0) is 4.74 Å². The van der Waals surface area contributed by atoms with Gasteiger partial charge in [0.05, 0.1) is 25.3 Å². The molecule has 2 heterocycles. The van der Waals surface area contributed by atoms with Crippen LogP contribution in [0.2, 0.25) is 5.02 Å². The van der Waals surface area contributed by atoms with Crippen LogP contribution in [0.5, 0.6) is 5.75 Å². The highest BCUT2D eigenvalue weighted by Crippen LogP contribution is 2.37. The number of ether oxygens (including phenoxy) is 2. The Morgan fingerprint density at radius 3 is 2.69 bits per heavy atom. The second-order valence-electron chi connectivity index (χ2n) is 7.23. The van der Waals surface area contributed by atoms with Gasteiger partial charge in [-0.2, -0.15) is 4.98 Å². The summed E-state index contributed by atoms with van der Waals surface area (Å²) in [6.45, 7) is 3.12. The van der Waals surface area contributed by atoms with Crippen molar-refractivity contribution in [3.63, 3.8) is 0 Å². The Hall–Kier alpha value is -2.94. The average molecular weight is 471 g/mol. The smallest absolute Gasteiger partial charge is 0.258 e. The molecule has 1 N–H and O–H groups in total. The highest BCUT2D eigenvalue weighted by Gasteiger charge is 2.34. The van der Waals surface area contributed by atoms with Crippen molar-refractivity contribution in [1.29, 1.82) is 0 Å².